The maximum atomic E-state index is 13.3. The summed E-state index contributed by atoms with van der Waals surface area (Å²) in [5, 5.41) is 23.8. The Bertz CT molecular complexity index is 1220. The zero-order chi connectivity index (χ0) is 31.4. The van der Waals surface area contributed by atoms with Crippen molar-refractivity contribution in [2.75, 3.05) is 25.0 Å². The molecular weight excluding hydrogens is 551 g/mol. The largest absolute Gasteiger partial charge is 0.416 e. The van der Waals surface area contributed by atoms with Crippen LogP contribution in [0.1, 0.15) is 66.2 Å². The van der Waals surface area contributed by atoms with Gasteiger partial charge in [-0.05, 0) is 76.4 Å². The van der Waals surface area contributed by atoms with Crippen LogP contribution >= 0.6 is 0 Å². The van der Waals surface area contributed by atoms with E-state index in [-0.39, 0.29) is 18.3 Å². The second-order valence-corrected chi connectivity index (χ2v) is 10.6. The van der Waals surface area contributed by atoms with Crippen LogP contribution in [0.2, 0.25) is 0 Å². The van der Waals surface area contributed by atoms with Crippen LogP contribution in [0.15, 0.2) is 36.4 Å². The molecule has 0 spiro atoms. The minimum atomic E-state index is -4.72. The molecule has 0 fully saturated rings. The maximum Gasteiger partial charge on any atom is 0.416 e. The molecule has 2 rings (SSSR count). The molecule has 0 aromatic heterocycles. The first-order chi connectivity index (χ1) is 19.7. The Morgan fingerprint density at radius 3 is 2.33 bits per heavy atom. The van der Waals surface area contributed by atoms with Crippen molar-refractivity contribution >= 4 is 23.5 Å². The van der Waals surface area contributed by atoms with Crippen molar-refractivity contribution in [2.24, 2.45) is 0 Å². The van der Waals surface area contributed by atoms with Crippen LogP contribution in [0.3, 0.4) is 0 Å². The summed E-state index contributed by atoms with van der Waals surface area (Å²) in [6.07, 6.45) is -3.69. The highest BCUT2D eigenvalue weighted by Gasteiger charge is 2.32. The van der Waals surface area contributed by atoms with E-state index < -0.39 is 53.8 Å². The van der Waals surface area contributed by atoms with Crippen LogP contribution in [0.5, 0.6) is 0 Å². The molecule has 12 heteroatoms. The SMILES string of the molecule is CCC[C@H](O)[C@H](CNCCc1ccc(C)cc1C)NC(=O)CNC(=O)c1cc(C(F)(F)F)ccc1NC(=O)NC(C)C. The first-order valence-electron chi connectivity index (χ1n) is 14.0. The van der Waals surface area contributed by atoms with E-state index in [1.54, 1.807) is 13.8 Å². The summed E-state index contributed by atoms with van der Waals surface area (Å²) in [7, 11) is 0. The van der Waals surface area contributed by atoms with Crippen molar-refractivity contribution in [3.05, 3.63) is 64.2 Å². The number of rotatable bonds is 14. The third kappa shape index (κ3) is 11.3. The number of carbonyl (C=O) groups is 3. The molecule has 0 bridgehead atoms. The molecule has 0 aliphatic heterocycles. The zero-order valence-corrected chi connectivity index (χ0v) is 24.7. The molecule has 6 N–H and O–H groups in total. The highest BCUT2D eigenvalue weighted by molar-refractivity contribution is 6.04. The predicted molar refractivity (Wildman–Crippen MR) is 156 cm³/mol. The average molecular weight is 594 g/mol. The number of benzene rings is 2. The third-order valence-electron chi connectivity index (χ3n) is 6.50. The average Bonchev–Trinajstić information content (AvgIpc) is 2.89. The van der Waals surface area contributed by atoms with Gasteiger partial charge in [0, 0.05) is 12.6 Å². The van der Waals surface area contributed by atoms with Gasteiger partial charge in [0.05, 0.1) is 35.5 Å². The number of carbonyl (C=O) groups excluding carboxylic acids is 3. The molecule has 2 atom stereocenters. The monoisotopic (exact) mass is 593 g/mol. The zero-order valence-electron chi connectivity index (χ0n) is 24.7. The van der Waals surface area contributed by atoms with E-state index in [1.165, 1.54) is 16.7 Å². The second-order valence-electron chi connectivity index (χ2n) is 10.6. The van der Waals surface area contributed by atoms with E-state index in [9.17, 15) is 32.7 Å². The highest BCUT2D eigenvalue weighted by atomic mass is 19.4. The number of amides is 4. The number of alkyl halides is 3. The van der Waals surface area contributed by atoms with E-state index in [0.717, 1.165) is 18.6 Å². The number of aliphatic hydroxyl groups is 1. The van der Waals surface area contributed by atoms with Crippen LogP contribution in [0, 0.1) is 13.8 Å². The molecule has 0 unspecified atom stereocenters. The topological polar surface area (TPSA) is 132 Å². The van der Waals surface area contributed by atoms with Crippen LogP contribution in [-0.4, -0.2) is 60.8 Å². The number of aliphatic hydroxyl groups excluding tert-OH is 1. The molecule has 232 valence electrons. The number of hydrogen-bond donors (Lipinski definition) is 6. The van der Waals surface area contributed by atoms with Gasteiger partial charge in [-0.15, -0.1) is 0 Å². The molecule has 0 radical (unpaired) electrons. The number of hydrogen-bond acceptors (Lipinski definition) is 5. The standard InChI is InChI=1S/C30H42F3N5O4/c1-6-7-26(39)25(16-34-13-12-21-9-8-19(4)14-20(21)5)37-27(40)17-35-28(41)23-15-22(30(31,32)33)10-11-24(23)38-29(42)36-18(2)3/h8-11,14-15,18,25-26,34,39H,6-7,12-13,16-17H2,1-5H3,(H,35,41)(H,37,40)(H2,36,38,42)/t25-,26-/m0/s1. The minimum Gasteiger partial charge on any atom is -0.391 e. The van der Waals surface area contributed by atoms with Gasteiger partial charge in [0.15, 0.2) is 0 Å². The van der Waals surface area contributed by atoms with Crippen molar-refractivity contribution in [3.8, 4) is 0 Å². The van der Waals surface area contributed by atoms with Crippen LogP contribution in [0.4, 0.5) is 23.7 Å². The summed E-state index contributed by atoms with van der Waals surface area (Å²) in [4.78, 5) is 37.7. The highest BCUT2D eigenvalue weighted by Crippen LogP contribution is 2.32. The van der Waals surface area contributed by atoms with Crippen molar-refractivity contribution in [1.82, 2.24) is 21.3 Å². The molecule has 0 aliphatic rings. The van der Waals surface area contributed by atoms with Gasteiger partial charge in [0.2, 0.25) is 5.91 Å². The quantitative estimate of drug-likeness (QED) is 0.184. The van der Waals surface area contributed by atoms with Crippen molar-refractivity contribution in [3.63, 3.8) is 0 Å². The lowest BCUT2D eigenvalue weighted by Crippen LogP contribution is -2.52. The molecule has 0 saturated carbocycles. The molecule has 0 aliphatic carbocycles. The van der Waals surface area contributed by atoms with E-state index in [2.05, 4.69) is 38.7 Å². The Kier molecular flexibility index (Phi) is 13.3. The molecule has 42 heavy (non-hydrogen) atoms. The first kappa shape index (κ1) is 34.6. The lowest BCUT2D eigenvalue weighted by atomic mass is 10.0. The van der Waals surface area contributed by atoms with E-state index in [0.29, 0.717) is 25.5 Å². The third-order valence-corrected chi connectivity index (χ3v) is 6.50. The summed E-state index contributed by atoms with van der Waals surface area (Å²) in [6.45, 7) is 9.71. The van der Waals surface area contributed by atoms with E-state index in [4.69, 9.17) is 0 Å². The fourth-order valence-corrected chi connectivity index (χ4v) is 4.34. The number of urea groups is 1. The Hall–Kier alpha value is -3.64. The lowest BCUT2D eigenvalue weighted by molar-refractivity contribution is -0.137. The Balaban J connectivity index is 2.04. The summed E-state index contributed by atoms with van der Waals surface area (Å²) in [5.41, 5.74) is 1.87. The smallest absolute Gasteiger partial charge is 0.391 e. The number of nitrogens with one attached hydrogen (secondary N) is 5. The van der Waals surface area contributed by atoms with Gasteiger partial charge in [-0.2, -0.15) is 13.2 Å². The van der Waals surface area contributed by atoms with Gasteiger partial charge in [-0.3, -0.25) is 9.59 Å². The van der Waals surface area contributed by atoms with Gasteiger partial charge < -0.3 is 31.7 Å². The molecule has 2 aromatic rings. The summed E-state index contributed by atoms with van der Waals surface area (Å²) in [6, 6.07) is 6.97. The van der Waals surface area contributed by atoms with Crippen molar-refractivity contribution in [2.45, 2.75) is 78.2 Å². The second kappa shape index (κ2) is 16.1. The molecule has 4 amide bonds. The number of halogens is 3. The van der Waals surface area contributed by atoms with Crippen LogP contribution in [-0.2, 0) is 17.4 Å². The fourth-order valence-electron chi connectivity index (χ4n) is 4.34. The van der Waals surface area contributed by atoms with Gasteiger partial charge in [-0.1, -0.05) is 37.1 Å². The molecule has 9 nitrogen and oxygen atoms in total. The van der Waals surface area contributed by atoms with E-state index in [1.807, 2.05) is 26.8 Å². The molecule has 0 heterocycles. The van der Waals surface area contributed by atoms with Gasteiger partial charge in [0.25, 0.3) is 5.91 Å². The Morgan fingerprint density at radius 2 is 1.71 bits per heavy atom. The Labute approximate surface area is 245 Å². The number of anilines is 1. The molecule has 0 saturated heterocycles. The van der Waals surface area contributed by atoms with Gasteiger partial charge in [0.1, 0.15) is 0 Å². The molecular formula is C30H42F3N5O4. The van der Waals surface area contributed by atoms with Gasteiger partial charge in [-0.25, -0.2) is 4.79 Å². The van der Waals surface area contributed by atoms with Crippen molar-refractivity contribution in [1.29, 1.82) is 0 Å². The van der Waals surface area contributed by atoms with Crippen LogP contribution in [0.25, 0.3) is 0 Å². The summed E-state index contributed by atoms with van der Waals surface area (Å²) in [5.74, 6) is -1.60. The maximum absolute atomic E-state index is 13.3. The number of aryl methyl sites for hydroxylation is 2. The van der Waals surface area contributed by atoms with Gasteiger partial charge >= 0.3 is 12.2 Å². The first-order valence-corrected chi connectivity index (χ1v) is 14.0. The summed E-state index contributed by atoms with van der Waals surface area (Å²) >= 11 is 0. The summed E-state index contributed by atoms with van der Waals surface area (Å²) < 4.78 is 40.0. The fraction of sp³-hybridized carbons (Fsp3) is 0.500. The predicted octanol–water partition coefficient (Wildman–Crippen LogP) is 4.06. The minimum absolute atomic E-state index is 0.150. The normalized spacial score (nSPS) is 12.9. The molecule has 2 aromatic carbocycles. The van der Waals surface area contributed by atoms with E-state index >= 15 is 0 Å². The Morgan fingerprint density at radius 1 is 1.00 bits per heavy atom. The van der Waals surface area contributed by atoms with Crippen LogP contribution < -0.4 is 26.6 Å². The van der Waals surface area contributed by atoms with Crippen molar-refractivity contribution < 1.29 is 32.7 Å². The lowest BCUT2D eigenvalue weighted by Gasteiger charge is -2.25.